The van der Waals surface area contributed by atoms with Crippen molar-refractivity contribution in [2.75, 3.05) is 7.11 Å². The number of pyridine rings is 1. The summed E-state index contributed by atoms with van der Waals surface area (Å²) in [6.07, 6.45) is 7.71. The number of aromatic hydroxyl groups is 2. The van der Waals surface area contributed by atoms with Crippen LogP contribution in [0.3, 0.4) is 0 Å². The summed E-state index contributed by atoms with van der Waals surface area (Å²) < 4.78 is 5.40. The molecule has 0 saturated carbocycles. The molecule has 4 nitrogen and oxygen atoms in total. The third-order valence-electron chi connectivity index (χ3n) is 3.36. The number of phenolic OH excluding ortho intramolecular Hbond substituents is 1. The molecule has 0 atom stereocenters. The van der Waals surface area contributed by atoms with Gasteiger partial charge in [-0.15, -0.1) is 0 Å². The first-order valence-electron chi connectivity index (χ1n) is 7.36. The average Bonchev–Trinajstić information content (AvgIpc) is 2.52. The van der Waals surface area contributed by atoms with E-state index in [4.69, 9.17) is 4.74 Å². The number of phenols is 1. The van der Waals surface area contributed by atoms with Crippen LogP contribution < -0.4 is 4.74 Å². The number of allylic oxidation sites excluding steroid dienone is 2. The van der Waals surface area contributed by atoms with E-state index in [2.05, 4.69) is 4.98 Å². The topological polar surface area (TPSA) is 62.6 Å². The number of ether oxygens (including phenoxy) is 1. The first-order valence-corrected chi connectivity index (χ1v) is 7.36. The van der Waals surface area contributed by atoms with E-state index in [1.807, 2.05) is 38.1 Å². The maximum Gasteiger partial charge on any atom is 0.133 e. The maximum atomic E-state index is 10.3. The lowest BCUT2D eigenvalue weighted by molar-refractivity contribution is 0.401. The highest BCUT2D eigenvalue weighted by Crippen LogP contribution is 2.31. The largest absolute Gasteiger partial charge is 0.507 e. The lowest BCUT2D eigenvalue weighted by Gasteiger charge is -2.10. The summed E-state index contributed by atoms with van der Waals surface area (Å²) >= 11 is 0. The van der Waals surface area contributed by atoms with Gasteiger partial charge in [0.15, 0.2) is 0 Å². The van der Waals surface area contributed by atoms with Crippen LogP contribution in [0.4, 0.5) is 0 Å². The first-order chi connectivity index (χ1) is 11.0. The highest BCUT2D eigenvalue weighted by atomic mass is 16.5. The summed E-state index contributed by atoms with van der Waals surface area (Å²) in [5, 5.41) is 19.5. The Morgan fingerprint density at radius 3 is 2.57 bits per heavy atom. The zero-order chi connectivity index (χ0) is 16.8. The third-order valence-corrected chi connectivity index (χ3v) is 3.36. The molecule has 0 spiro atoms. The minimum atomic E-state index is 0.130. The fourth-order valence-electron chi connectivity index (χ4n) is 2.12. The lowest BCUT2D eigenvalue weighted by Crippen LogP contribution is -1.93. The van der Waals surface area contributed by atoms with E-state index in [9.17, 15) is 10.2 Å². The Hall–Kier alpha value is -2.75. The predicted molar refractivity (Wildman–Crippen MR) is 92.6 cm³/mol. The summed E-state index contributed by atoms with van der Waals surface area (Å²) in [5.41, 5.74) is 3.49. The molecular weight excluding hydrogens is 290 g/mol. The Bertz CT molecular complexity index is 727. The van der Waals surface area contributed by atoms with Crippen LogP contribution in [0.2, 0.25) is 0 Å². The van der Waals surface area contributed by atoms with Crippen LogP contribution in [0.25, 0.3) is 12.2 Å². The van der Waals surface area contributed by atoms with Gasteiger partial charge >= 0.3 is 0 Å². The van der Waals surface area contributed by atoms with Crippen molar-refractivity contribution in [3.8, 4) is 17.2 Å². The second kappa shape index (κ2) is 7.49. The molecule has 1 aromatic carbocycles. The van der Waals surface area contributed by atoms with Gasteiger partial charge in [0.25, 0.3) is 0 Å². The van der Waals surface area contributed by atoms with E-state index < -0.39 is 0 Å². The van der Waals surface area contributed by atoms with Gasteiger partial charge in [-0.05, 0) is 56.2 Å². The van der Waals surface area contributed by atoms with Crippen LogP contribution in [0.1, 0.15) is 30.7 Å². The van der Waals surface area contributed by atoms with Crippen LogP contribution in [0.15, 0.2) is 42.1 Å². The summed E-state index contributed by atoms with van der Waals surface area (Å²) in [6.45, 7) is 4.04. The quantitative estimate of drug-likeness (QED) is 0.813. The van der Waals surface area contributed by atoms with E-state index in [0.717, 1.165) is 16.8 Å². The Morgan fingerprint density at radius 2 is 1.96 bits per heavy atom. The van der Waals surface area contributed by atoms with Crippen molar-refractivity contribution in [3.05, 3.63) is 58.9 Å². The van der Waals surface area contributed by atoms with Gasteiger partial charge in [0.05, 0.1) is 19.0 Å². The molecule has 23 heavy (non-hydrogen) atoms. The second-order valence-corrected chi connectivity index (χ2v) is 5.48. The molecule has 0 bridgehead atoms. The van der Waals surface area contributed by atoms with E-state index in [1.54, 1.807) is 25.3 Å². The summed E-state index contributed by atoms with van der Waals surface area (Å²) in [6, 6.07) is 6.87. The van der Waals surface area contributed by atoms with Gasteiger partial charge in [0.1, 0.15) is 17.2 Å². The van der Waals surface area contributed by atoms with E-state index in [1.165, 1.54) is 11.8 Å². The monoisotopic (exact) mass is 311 g/mol. The fraction of sp³-hybridized carbons (Fsp3) is 0.211. The number of methoxy groups -OCH3 is 1. The minimum Gasteiger partial charge on any atom is -0.507 e. The zero-order valence-corrected chi connectivity index (χ0v) is 13.6. The summed E-state index contributed by atoms with van der Waals surface area (Å²) in [4.78, 5) is 4.09. The third kappa shape index (κ3) is 4.61. The molecule has 2 N–H and O–H groups in total. The summed E-state index contributed by atoms with van der Waals surface area (Å²) in [7, 11) is 1.59. The molecular formula is C19H21NO3. The van der Waals surface area contributed by atoms with Crippen molar-refractivity contribution in [2.24, 2.45) is 0 Å². The molecule has 120 valence electrons. The Labute approximate surface area is 136 Å². The van der Waals surface area contributed by atoms with Crippen LogP contribution in [0.5, 0.6) is 17.2 Å². The van der Waals surface area contributed by atoms with Gasteiger partial charge in [0, 0.05) is 5.56 Å². The molecule has 0 amide bonds. The SMILES string of the molecule is COc1cc(/C=C/c2ccc(O)cn2)cc(O)c1CC=C(C)C. The van der Waals surface area contributed by atoms with Gasteiger partial charge in [0.2, 0.25) is 0 Å². The van der Waals surface area contributed by atoms with Crippen LogP contribution in [0, 0.1) is 0 Å². The van der Waals surface area contributed by atoms with Crippen molar-refractivity contribution < 1.29 is 14.9 Å². The Kier molecular flexibility index (Phi) is 5.41. The molecule has 0 aliphatic heterocycles. The molecule has 0 saturated heterocycles. The smallest absolute Gasteiger partial charge is 0.133 e. The van der Waals surface area contributed by atoms with Crippen molar-refractivity contribution >= 4 is 12.2 Å². The van der Waals surface area contributed by atoms with Crippen molar-refractivity contribution in [1.29, 1.82) is 0 Å². The fourth-order valence-corrected chi connectivity index (χ4v) is 2.12. The van der Waals surface area contributed by atoms with E-state index in [-0.39, 0.29) is 11.5 Å². The van der Waals surface area contributed by atoms with Crippen molar-refractivity contribution in [1.82, 2.24) is 4.98 Å². The lowest BCUT2D eigenvalue weighted by atomic mass is 10.0. The molecule has 0 fully saturated rings. The highest BCUT2D eigenvalue weighted by Gasteiger charge is 2.09. The first kappa shape index (κ1) is 16.6. The van der Waals surface area contributed by atoms with Gasteiger partial charge in [-0.1, -0.05) is 17.7 Å². The molecule has 2 rings (SSSR count). The van der Waals surface area contributed by atoms with E-state index in [0.29, 0.717) is 12.2 Å². The molecule has 4 heteroatoms. The molecule has 0 radical (unpaired) electrons. The standard InChI is InChI=1S/C19H21NO3/c1-13(2)4-9-17-18(22)10-14(11-19(17)23-3)5-6-15-7-8-16(21)12-20-15/h4-8,10-12,21-22H,9H2,1-3H3/b6-5+. The highest BCUT2D eigenvalue weighted by molar-refractivity contribution is 5.70. The van der Waals surface area contributed by atoms with Crippen molar-refractivity contribution in [3.63, 3.8) is 0 Å². The summed E-state index contributed by atoms with van der Waals surface area (Å²) in [5.74, 6) is 0.992. The number of hydrogen-bond donors (Lipinski definition) is 2. The molecule has 2 aromatic rings. The molecule has 0 aliphatic rings. The van der Waals surface area contributed by atoms with Gasteiger partial charge in [-0.3, -0.25) is 4.98 Å². The predicted octanol–water partition coefficient (Wildman–Crippen LogP) is 4.18. The van der Waals surface area contributed by atoms with Crippen LogP contribution in [-0.2, 0) is 6.42 Å². The normalized spacial score (nSPS) is 10.7. The van der Waals surface area contributed by atoms with Gasteiger partial charge in [-0.25, -0.2) is 0 Å². The molecule has 1 aromatic heterocycles. The Balaban J connectivity index is 2.28. The number of rotatable bonds is 5. The minimum absolute atomic E-state index is 0.130. The number of hydrogen-bond acceptors (Lipinski definition) is 4. The Morgan fingerprint density at radius 1 is 1.17 bits per heavy atom. The van der Waals surface area contributed by atoms with Gasteiger partial charge < -0.3 is 14.9 Å². The second-order valence-electron chi connectivity index (χ2n) is 5.48. The number of aromatic nitrogens is 1. The van der Waals surface area contributed by atoms with Crippen LogP contribution >= 0.6 is 0 Å². The molecule has 0 aliphatic carbocycles. The molecule has 0 unspecified atom stereocenters. The zero-order valence-electron chi connectivity index (χ0n) is 13.6. The molecule has 1 heterocycles. The van der Waals surface area contributed by atoms with Gasteiger partial charge in [-0.2, -0.15) is 0 Å². The maximum absolute atomic E-state index is 10.3. The van der Waals surface area contributed by atoms with Crippen LogP contribution in [-0.4, -0.2) is 22.3 Å². The van der Waals surface area contributed by atoms with Crippen molar-refractivity contribution in [2.45, 2.75) is 20.3 Å². The number of benzene rings is 1. The van der Waals surface area contributed by atoms with E-state index >= 15 is 0 Å². The number of nitrogens with zero attached hydrogens (tertiary/aromatic N) is 1. The average molecular weight is 311 g/mol.